The SMILES string of the molecule is CC(C)(C)OC(=O)NCC[C@@H](N)c1cccc(Cl)c1. The van der Waals surface area contributed by atoms with Crippen LogP contribution in [0.15, 0.2) is 24.3 Å². The highest BCUT2D eigenvalue weighted by Gasteiger charge is 2.16. The quantitative estimate of drug-likeness (QED) is 0.892. The molecule has 0 aliphatic heterocycles. The van der Waals surface area contributed by atoms with E-state index in [9.17, 15) is 4.79 Å². The fourth-order valence-electron chi connectivity index (χ4n) is 1.55. The van der Waals surface area contributed by atoms with Crippen LogP contribution in [0.2, 0.25) is 5.02 Å². The number of alkyl carbamates (subject to hydrolysis) is 1. The summed E-state index contributed by atoms with van der Waals surface area (Å²) in [6.45, 7) is 5.93. The van der Waals surface area contributed by atoms with Gasteiger partial charge >= 0.3 is 6.09 Å². The van der Waals surface area contributed by atoms with Gasteiger partial charge in [0.15, 0.2) is 0 Å². The third-order valence-corrected chi connectivity index (χ3v) is 2.64. The number of ether oxygens (including phenoxy) is 1. The minimum atomic E-state index is -0.487. The first-order chi connectivity index (χ1) is 8.78. The first kappa shape index (κ1) is 15.8. The van der Waals surface area contributed by atoms with E-state index < -0.39 is 11.7 Å². The van der Waals surface area contributed by atoms with Crippen LogP contribution >= 0.6 is 11.6 Å². The van der Waals surface area contributed by atoms with Gasteiger partial charge in [0, 0.05) is 17.6 Å². The van der Waals surface area contributed by atoms with E-state index in [-0.39, 0.29) is 6.04 Å². The summed E-state index contributed by atoms with van der Waals surface area (Å²) >= 11 is 5.90. The largest absolute Gasteiger partial charge is 0.444 e. The number of amides is 1. The predicted octanol–water partition coefficient (Wildman–Crippen LogP) is 3.25. The van der Waals surface area contributed by atoms with Crippen molar-refractivity contribution in [2.75, 3.05) is 6.54 Å². The van der Waals surface area contributed by atoms with E-state index in [1.807, 2.05) is 39.0 Å². The molecule has 1 amide bonds. The van der Waals surface area contributed by atoms with Gasteiger partial charge in [-0.15, -0.1) is 0 Å². The molecule has 1 atom stereocenters. The Bertz CT molecular complexity index is 430. The Balaban J connectivity index is 2.35. The molecule has 0 saturated heterocycles. The zero-order chi connectivity index (χ0) is 14.5. The maximum absolute atomic E-state index is 11.4. The fourth-order valence-corrected chi connectivity index (χ4v) is 1.75. The van der Waals surface area contributed by atoms with E-state index in [0.29, 0.717) is 18.0 Å². The van der Waals surface area contributed by atoms with Gasteiger partial charge in [-0.3, -0.25) is 0 Å². The van der Waals surface area contributed by atoms with Gasteiger partial charge in [-0.25, -0.2) is 4.79 Å². The smallest absolute Gasteiger partial charge is 0.407 e. The molecular weight excluding hydrogens is 264 g/mol. The molecular formula is C14H21ClN2O2. The molecule has 4 nitrogen and oxygen atoms in total. The number of halogens is 1. The fraction of sp³-hybridized carbons (Fsp3) is 0.500. The average molecular weight is 285 g/mol. The minimum Gasteiger partial charge on any atom is -0.444 e. The zero-order valence-electron chi connectivity index (χ0n) is 11.6. The van der Waals surface area contributed by atoms with Gasteiger partial charge in [-0.05, 0) is 44.9 Å². The summed E-state index contributed by atoms with van der Waals surface area (Å²) < 4.78 is 5.13. The molecule has 1 aromatic rings. The average Bonchev–Trinajstić information content (AvgIpc) is 2.26. The maximum atomic E-state index is 11.4. The Morgan fingerprint density at radius 2 is 2.16 bits per heavy atom. The van der Waals surface area contributed by atoms with Crippen LogP contribution in [0.4, 0.5) is 4.79 Å². The summed E-state index contributed by atoms with van der Waals surface area (Å²) in [5.41, 5.74) is 6.50. The topological polar surface area (TPSA) is 64.3 Å². The monoisotopic (exact) mass is 284 g/mol. The predicted molar refractivity (Wildman–Crippen MR) is 77.2 cm³/mol. The van der Waals surface area contributed by atoms with Gasteiger partial charge in [-0.2, -0.15) is 0 Å². The van der Waals surface area contributed by atoms with Crippen LogP contribution < -0.4 is 11.1 Å². The molecule has 0 spiro atoms. The van der Waals surface area contributed by atoms with E-state index in [1.54, 1.807) is 6.07 Å². The first-order valence-electron chi connectivity index (χ1n) is 6.26. The van der Waals surface area contributed by atoms with E-state index in [4.69, 9.17) is 22.1 Å². The number of nitrogens with two attached hydrogens (primary N) is 1. The van der Waals surface area contributed by atoms with Gasteiger partial charge in [0.1, 0.15) is 5.60 Å². The van der Waals surface area contributed by atoms with Crippen LogP contribution in [0.25, 0.3) is 0 Å². The highest BCUT2D eigenvalue weighted by Crippen LogP contribution is 2.18. The van der Waals surface area contributed by atoms with Crippen molar-refractivity contribution >= 4 is 17.7 Å². The second kappa shape index (κ2) is 6.78. The first-order valence-corrected chi connectivity index (χ1v) is 6.63. The van der Waals surface area contributed by atoms with Crippen LogP contribution in [-0.4, -0.2) is 18.2 Å². The number of hydrogen-bond acceptors (Lipinski definition) is 3. The molecule has 0 saturated carbocycles. The second-order valence-corrected chi connectivity index (χ2v) is 5.82. The van der Waals surface area contributed by atoms with Crippen molar-refractivity contribution in [1.29, 1.82) is 0 Å². The number of benzene rings is 1. The summed E-state index contributed by atoms with van der Waals surface area (Å²) in [5.74, 6) is 0. The van der Waals surface area contributed by atoms with Crippen molar-refractivity contribution in [3.63, 3.8) is 0 Å². The van der Waals surface area contributed by atoms with E-state index in [0.717, 1.165) is 5.56 Å². The number of hydrogen-bond donors (Lipinski definition) is 2. The molecule has 106 valence electrons. The van der Waals surface area contributed by atoms with Crippen LogP contribution in [-0.2, 0) is 4.74 Å². The highest BCUT2D eigenvalue weighted by atomic mass is 35.5. The molecule has 1 aromatic carbocycles. The summed E-state index contributed by atoms with van der Waals surface area (Å²) in [7, 11) is 0. The maximum Gasteiger partial charge on any atom is 0.407 e. The van der Waals surface area contributed by atoms with Crippen molar-refractivity contribution in [3.05, 3.63) is 34.9 Å². The lowest BCUT2D eigenvalue weighted by molar-refractivity contribution is 0.0526. The van der Waals surface area contributed by atoms with Gasteiger partial charge in [0.05, 0.1) is 0 Å². The Kier molecular flexibility index (Phi) is 5.63. The molecule has 0 aliphatic carbocycles. The normalized spacial score (nSPS) is 12.9. The summed E-state index contributed by atoms with van der Waals surface area (Å²) in [5, 5.41) is 3.34. The Hall–Kier alpha value is -1.26. The molecule has 0 radical (unpaired) electrons. The number of carbonyl (C=O) groups is 1. The van der Waals surface area contributed by atoms with E-state index >= 15 is 0 Å². The van der Waals surface area contributed by atoms with Crippen molar-refractivity contribution in [2.45, 2.75) is 38.8 Å². The van der Waals surface area contributed by atoms with Gasteiger partial charge in [0.2, 0.25) is 0 Å². The van der Waals surface area contributed by atoms with Gasteiger partial charge < -0.3 is 15.8 Å². The summed E-state index contributed by atoms with van der Waals surface area (Å²) in [4.78, 5) is 11.4. The summed E-state index contributed by atoms with van der Waals surface area (Å²) in [6.07, 6.45) is 0.199. The van der Waals surface area contributed by atoms with Gasteiger partial charge in [0.25, 0.3) is 0 Å². The van der Waals surface area contributed by atoms with E-state index in [2.05, 4.69) is 5.32 Å². The van der Waals surface area contributed by atoms with Crippen molar-refractivity contribution in [3.8, 4) is 0 Å². The number of nitrogens with one attached hydrogen (secondary N) is 1. The van der Waals surface area contributed by atoms with Crippen LogP contribution in [0.5, 0.6) is 0 Å². The van der Waals surface area contributed by atoms with Crippen molar-refractivity contribution < 1.29 is 9.53 Å². The minimum absolute atomic E-state index is 0.159. The Labute approximate surface area is 119 Å². The molecule has 0 bridgehead atoms. The molecule has 0 unspecified atom stereocenters. The van der Waals surface area contributed by atoms with Crippen LogP contribution in [0, 0.1) is 0 Å². The van der Waals surface area contributed by atoms with E-state index in [1.165, 1.54) is 0 Å². The van der Waals surface area contributed by atoms with Crippen molar-refractivity contribution in [1.82, 2.24) is 5.32 Å². The second-order valence-electron chi connectivity index (χ2n) is 5.38. The molecule has 1 rings (SSSR count). The molecule has 0 heterocycles. The molecule has 19 heavy (non-hydrogen) atoms. The molecule has 3 N–H and O–H groups in total. The number of carbonyl (C=O) groups excluding carboxylic acids is 1. The molecule has 0 aromatic heterocycles. The van der Waals surface area contributed by atoms with Gasteiger partial charge in [-0.1, -0.05) is 23.7 Å². The molecule has 0 aliphatic rings. The number of rotatable bonds is 4. The highest BCUT2D eigenvalue weighted by molar-refractivity contribution is 6.30. The standard InChI is InChI=1S/C14H21ClN2O2/c1-14(2,3)19-13(18)17-8-7-12(16)10-5-4-6-11(15)9-10/h4-6,9,12H,7-8,16H2,1-3H3,(H,17,18)/t12-/m1/s1. The summed E-state index contributed by atoms with van der Waals surface area (Å²) in [6, 6.07) is 7.26. The lowest BCUT2D eigenvalue weighted by Crippen LogP contribution is -2.33. The Morgan fingerprint density at radius 3 is 2.74 bits per heavy atom. The van der Waals surface area contributed by atoms with Crippen molar-refractivity contribution in [2.24, 2.45) is 5.73 Å². The molecule has 0 fully saturated rings. The Morgan fingerprint density at radius 1 is 1.47 bits per heavy atom. The lowest BCUT2D eigenvalue weighted by Gasteiger charge is -2.20. The third kappa shape index (κ3) is 6.45. The third-order valence-electron chi connectivity index (χ3n) is 2.40. The zero-order valence-corrected chi connectivity index (χ0v) is 12.3. The van der Waals surface area contributed by atoms with Crippen LogP contribution in [0.1, 0.15) is 38.8 Å². The molecule has 5 heteroatoms. The lowest BCUT2D eigenvalue weighted by atomic mass is 10.1. The van der Waals surface area contributed by atoms with Crippen LogP contribution in [0.3, 0.4) is 0 Å².